The molecular weight excluding hydrogens is 358 g/mol. The minimum Gasteiger partial charge on any atom is -0.484 e. The molecule has 2 aromatic rings. The van der Waals surface area contributed by atoms with Crippen molar-refractivity contribution in [1.82, 2.24) is 9.97 Å². The number of aromatic nitrogens is 2. The zero-order valence-corrected chi connectivity index (χ0v) is 12.9. The van der Waals surface area contributed by atoms with Gasteiger partial charge in [-0.25, -0.2) is 14.4 Å². The van der Waals surface area contributed by atoms with E-state index in [2.05, 4.69) is 25.9 Å². The molecule has 0 atom stereocenters. The normalized spacial score (nSPS) is 10.6. The summed E-state index contributed by atoms with van der Waals surface area (Å²) >= 11 is 14.7. The molecule has 0 amide bonds. The quantitative estimate of drug-likeness (QED) is 0.590. The minimum absolute atomic E-state index is 0.0223. The molecule has 0 aliphatic carbocycles. The first-order valence-electron chi connectivity index (χ1n) is 5.23. The van der Waals surface area contributed by atoms with Crippen LogP contribution in [0.25, 0.3) is 0 Å². The summed E-state index contributed by atoms with van der Waals surface area (Å²) in [4.78, 5) is 8.18. The van der Waals surface area contributed by atoms with Crippen LogP contribution in [0.15, 0.2) is 22.7 Å². The summed E-state index contributed by atoms with van der Waals surface area (Å²) in [7, 11) is 0. The first-order chi connectivity index (χ1) is 8.95. The molecule has 1 heterocycles. The molecule has 0 radical (unpaired) electrons. The molecule has 100 valence electrons. The smallest absolute Gasteiger partial charge is 0.167 e. The highest BCUT2D eigenvalue weighted by atomic mass is 79.9. The number of hydrogen-bond donors (Lipinski definition) is 0. The summed E-state index contributed by atoms with van der Waals surface area (Å²) in [5.41, 5.74) is 0.736. The van der Waals surface area contributed by atoms with Crippen LogP contribution in [-0.4, -0.2) is 9.97 Å². The summed E-state index contributed by atoms with van der Waals surface area (Å²) in [6, 6.07) is 4.27. The van der Waals surface area contributed by atoms with Gasteiger partial charge in [-0.3, -0.25) is 0 Å². The van der Waals surface area contributed by atoms with E-state index in [9.17, 15) is 4.39 Å². The molecule has 19 heavy (non-hydrogen) atoms. The Labute approximate surface area is 127 Å². The third-order valence-electron chi connectivity index (χ3n) is 2.20. The van der Waals surface area contributed by atoms with Gasteiger partial charge >= 0.3 is 0 Å². The van der Waals surface area contributed by atoms with Crippen molar-refractivity contribution in [3.63, 3.8) is 0 Å². The average molecular weight is 366 g/mol. The van der Waals surface area contributed by atoms with Crippen LogP contribution in [0.4, 0.5) is 4.39 Å². The van der Waals surface area contributed by atoms with E-state index >= 15 is 0 Å². The number of halogens is 4. The SMILES string of the molecule is Cc1cc(Cl)nc(COc2cc(F)c(Cl)cc2Br)n1. The lowest BCUT2D eigenvalue weighted by molar-refractivity contribution is 0.292. The second kappa shape index (κ2) is 6.03. The molecule has 0 unspecified atom stereocenters. The molecule has 0 bridgehead atoms. The van der Waals surface area contributed by atoms with Crippen LogP contribution in [0.1, 0.15) is 11.5 Å². The number of rotatable bonds is 3. The number of hydrogen-bond acceptors (Lipinski definition) is 3. The van der Waals surface area contributed by atoms with Crippen LogP contribution >= 0.6 is 39.1 Å². The lowest BCUT2D eigenvalue weighted by atomic mass is 10.3. The molecule has 0 fully saturated rings. The van der Waals surface area contributed by atoms with Crippen LogP contribution < -0.4 is 4.74 Å². The van der Waals surface area contributed by atoms with Gasteiger partial charge in [-0.15, -0.1) is 0 Å². The molecular formula is C12H8BrCl2FN2O. The molecule has 1 aromatic heterocycles. The standard InChI is InChI=1S/C12H8BrCl2FN2O/c1-6-2-11(15)18-12(17-6)5-19-10-4-9(16)8(14)3-7(10)13/h2-4H,5H2,1H3. The Morgan fingerprint density at radius 1 is 1.26 bits per heavy atom. The highest BCUT2D eigenvalue weighted by molar-refractivity contribution is 9.10. The van der Waals surface area contributed by atoms with Crippen LogP contribution in [-0.2, 0) is 6.61 Å². The predicted octanol–water partition coefficient (Wildman–Crippen LogP) is 4.57. The molecule has 0 N–H and O–H groups in total. The largest absolute Gasteiger partial charge is 0.484 e. The average Bonchev–Trinajstić information content (AvgIpc) is 2.31. The maximum atomic E-state index is 13.3. The van der Waals surface area contributed by atoms with E-state index in [0.29, 0.717) is 21.2 Å². The number of benzene rings is 1. The third kappa shape index (κ3) is 3.78. The van der Waals surface area contributed by atoms with Crippen molar-refractivity contribution in [2.45, 2.75) is 13.5 Å². The molecule has 2 rings (SSSR count). The van der Waals surface area contributed by atoms with Crippen molar-refractivity contribution >= 4 is 39.1 Å². The van der Waals surface area contributed by atoms with Crippen LogP contribution in [0.5, 0.6) is 5.75 Å². The summed E-state index contributed by atoms with van der Waals surface area (Å²) in [6.45, 7) is 1.88. The molecule has 0 saturated carbocycles. The van der Waals surface area contributed by atoms with E-state index in [0.717, 1.165) is 5.69 Å². The van der Waals surface area contributed by atoms with Crippen molar-refractivity contribution in [2.24, 2.45) is 0 Å². The Kier molecular flexibility index (Phi) is 4.60. The molecule has 0 aliphatic rings. The fourth-order valence-electron chi connectivity index (χ4n) is 1.41. The van der Waals surface area contributed by atoms with Gasteiger partial charge in [0.1, 0.15) is 23.3 Å². The van der Waals surface area contributed by atoms with Crippen molar-refractivity contribution in [1.29, 1.82) is 0 Å². The Morgan fingerprint density at radius 3 is 2.68 bits per heavy atom. The van der Waals surface area contributed by atoms with E-state index in [1.54, 1.807) is 13.0 Å². The maximum absolute atomic E-state index is 13.3. The molecule has 1 aromatic carbocycles. The second-order valence-corrected chi connectivity index (χ2v) is 5.38. The zero-order chi connectivity index (χ0) is 14.0. The van der Waals surface area contributed by atoms with Gasteiger partial charge in [0.05, 0.1) is 9.50 Å². The predicted molar refractivity (Wildman–Crippen MR) is 75.2 cm³/mol. The number of nitrogens with zero attached hydrogens (tertiary/aromatic N) is 2. The summed E-state index contributed by atoms with van der Waals surface area (Å²) in [5, 5.41) is 0.363. The van der Waals surface area contributed by atoms with Crippen molar-refractivity contribution in [3.05, 3.63) is 50.2 Å². The highest BCUT2D eigenvalue weighted by Gasteiger charge is 2.09. The topological polar surface area (TPSA) is 35.0 Å². The van der Waals surface area contributed by atoms with E-state index in [1.165, 1.54) is 12.1 Å². The lowest BCUT2D eigenvalue weighted by Crippen LogP contribution is -2.03. The van der Waals surface area contributed by atoms with Gasteiger partial charge in [0.15, 0.2) is 5.82 Å². The number of aryl methyl sites for hydroxylation is 1. The monoisotopic (exact) mass is 364 g/mol. The summed E-state index contributed by atoms with van der Waals surface area (Å²) in [6.07, 6.45) is 0. The van der Waals surface area contributed by atoms with Gasteiger partial charge in [0, 0.05) is 11.8 Å². The van der Waals surface area contributed by atoms with Crippen molar-refractivity contribution in [3.8, 4) is 5.75 Å². The minimum atomic E-state index is -0.553. The molecule has 0 aliphatic heterocycles. The van der Waals surface area contributed by atoms with Crippen LogP contribution in [0.3, 0.4) is 0 Å². The van der Waals surface area contributed by atoms with E-state index in [-0.39, 0.29) is 11.6 Å². The Balaban J connectivity index is 2.16. The Morgan fingerprint density at radius 2 is 2.00 bits per heavy atom. The maximum Gasteiger partial charge on any atom is 0.167 e. The molecule has 3 nitrogen and oxygen atoms in total. The zero-order valence-electron chi connectivity index (χ0n) is 9.75. The van der Waals surface area contributed by atoms with Crippen LogP contribution in [0.2, 0.25) is 10.2 Å². The molecule has 0 saturated heterocycles. The van der Waals surface area contributed by atoms with Gasteiger partial charge in [-0.1, -0.05) is 23.2 Å². The number of ether oxygens (including phenoxy) is 1. The fourth-order valence-corrected chi connectivity index (χ4v) is 2.42. The fraction of sp³-hybridized carbons (Fsp3) is 0.167. The summed E-state index contributed by atoms with van der Waals surface area (Å²) < 4.78 is 19.3. The first-order valence-corrected chi connectivity index (χ1v) is 6.78. The molecule has 0 spiro atoms. The van der Waals surface area contributed by atoms with Crippen LogP contribution in [0, 0.1) is 12.7 Å². The highest BCUT2D eigenvalue weighted by Crippen LogP contribution is 2.30. The van der Waals surface area contributed by atoms with Gasteiger partial charge in [0.25, 0.3) is 0 Å². The first kappa shape index (κ1) is 14.5. The van der Waals surface area contributed by atoms with Crippen molar-refractivity contribution in [2.75, 3.05) is 0 Å². The van der Waals surface area contributed by atoms with Gasteiger partial charge in [-0.05, 0) is 35.0 Å². The summed E-state index contributed by atoms with van der Waals surface area (Å²) in [5.74, 6) is 0.193. The van der Waals surface area contributed by atoms with E-state index in [4.69, 9.17) is 27.9 Å². The van der Waals surface area contributed by atoms with Gasteiger partial charge in [0.2, 0.25) is 0 Å². The van der Waals surface area contributed by atoms with Crippen molar-refractivity contribution < 1.29 is 9.13 Å². The molecule has 7 heteroatoms. The Bertz CT molecular complexity index is 605. The van der Waals surface area contributed by atoms with Gasteiger partial charge < -0.3 is 4.74 Å². The van der Waals surface area contributed by atoms with E-state index in [1.807, 2.05) is 0 Å². The van der Waals surface area contributed by atoms with Gasteiger partial charge in [-0.2, -0.15) is 0 Å². The third-order valence-corrected chi connectivity index (χ3v) is 3.30. The van der Waals surface area contributed by atoms with E-state index < -0.39 is 5.82 Å². The second-order valence-electron chi connectivity index (χ2n) is 3.73. The Hall–Kier alpha value is -0.910. The lowest BCUT2D eigenvalue weighted by Gasteiger charge is -2.08.